The number of hydrogen-bond donors (Lipinski definition) is 1. The first kappa shape index (κ1) is 17.9. The van der Waals surface area contributed by atoms with Gasteiger partial charge in [-0.1, -0.05) is 31.2 Å². The van der Waals surface area contributed by atoms with E-state index in [1.54, 1.807) is 28.9 Å². The second kappa shape index (κ2) is 7.52. The molecule has 26 heavy (non-hydrogen) atoms. The van der Waals surface area contributed by atoms with E-state index in [0.29, 0.717) is 17.0 Å². The number of rotatable bonds is 5. The van der Waals surface area contributed by atoms with Gasteiger partial charge >= 0.3 is 0 Å². The smallest absolute Gasteiger partial charge is 0.270 e. The number of carbonyl (C=O) groups is 1. The van der Waals surface area contributed by atoms with Gasteiger partial charge in [-0.05, 0) is 56.2 Å². The number of aromatic nitrogens is 2. The van der Waals surface area contributed by atoms with E-state index < -0.39 is 0 Å². The summed E-state index contributed by atoms with van der Waals surface area (Å²) in [5, 5.41) is 7.48. The Balaban J connectivity index is 2.12. The van der Waals surface area contributed by atoms with Crippen molar-refractivity contribution < 1.29 is 9.18 Å². The highest BCUT2D eigenvalue weighted by Crippen LogP contribution is 2.24. The molecule has 2 aromatic carbocycles. The molecule has 0 aliphatic rings. The Bertz CT molecular complexity index is 933. The van der Waals surface area contributed by atoms with Gasteiger partial charge in [0.15, 0.2) is 0 Å². The normalized spacial score (nSPS) is 12.0. The van der Waals surface area contributed by atoms with Gasteiger partial charge in [0.05, 0.1) is 11.4 Å². The van der Waals surface area contributed by atoms with Crippen molar-refractivity contribution in [2.45, 2.75) is 33.2 Å². The molecule has 1 N–H and O–H groups in total. The fourth-order valence-electron chi connectivity index (χ4n) is 2.70. The van der Waals surface area contributed by atoms with E-state index >= 15 is 0 Å². The highest BCUT2D eigenvalue weighted by atomic mass is 19.1. The summed E-state index contributed by atoms with van der Waals surface area (Å²) in [6, 6.07) is 15.8. The Morgan fingerprint density at radius 1 is 1.19 bits per heavy atom. The Hall–Kier alpha value is -2.95. The van der Waals surface area contributed by atoms with Gasteiger partial charge < -0.3 is 5.32 Å². The zero-order valence-corrected chi connectivity index (χ0v) is 15.2. The molecule has 3 aromatic rings. The number of nitrogens with zero attached hydrogens (tertiary/aromatic N) is 2. The number of halogens is 1. The first-order chi connectivity index (χ1) is 12.5. The summed E-state index contributed by atoms with van der Waals surface area (Å²) >= 11 is 0. The van der Waals surface area contributed by atoms with E-state index in [0.717, 1.165) is 17.7 Å². The van der Waals surface area contributed by atoms with Crippen molar-refractivity contribution in [3.05, 3.63) is 71.7 Å². The van der Waals surface area contributed by atoms with Gasteiger partial charge in [0.2, 0.25) is 0 Å². The maximum absolute atomic E-state index is 14.2. The second-order valence-electron chi connectivity index (χ2n) is 6.43. The highest BCUT2D eigenvalue weighted by molar-refractivity contribution is 5.94. The zero-order valence-electron chi connectivity index (χ0n) is 15.2. The number of aryl methyl sites for hydroxylation is 1. The summed E-state index contributed by atoms with van der Waals surface area (Å²) in [7, 11) is 0. The maximum Gasteiger partial charge on any atom is 0.270 e. The predicted octanol–water partition coefficient (Wildman–Crippen LogP) is 4.52. The molecule has 0 spiro atoms. The third-order valence-corrected chi connectivity index (χ3v) is 4.33. The topological polar surface area (TPSA) is 46.9 Å². The minimum absolute atomic E-state index is 0.0419. The van der Waals surface area contributed by atoms with Crippen molar-refractivity contribution in [3.8, 4) is 16.9 Å². The Morgan fingerprint density at radius 3 is 2.65 bits per heavy atom. The molecule has 1 heterocycles. The van der Waals surface area contributed by atoms with Crippen LogP contribution in [0.1, 0.15) is 36.3 Å². The fraction of sp³-hybridized carbons (Fsp3) is 0.238. The number of nitrogens with one attached hydrogen (secondary N) is 1. The largest absolute Gasteiger partial charge is 0.348 e. The first-order valence-corrected chi connectivity index (χ1v) is 8.72. The summed E-state index contributed by atoms with van der Waals surface area (Å²) in [5.74, 6) is -0.591. The fourth-order valence-corrected chi connectivity index (χ4v) is 2.70. The molecule has 0 aliphatic heterocycles. The molecule has 0 bridgehead atoms. The number of hydrogen-bond acceptors (Lipinski definition) is 2. The van der Waals surface area contributed by atoms with Crippen LogP contribution in [0.5, 0.6) is 0 Å². The van der Waals surface area contributed by atoms with Crippen LogP contribution in [-0.2, 0) is 0 Å². The Labute approximate surface area is 152 Å². The van der Waals surface area contributed by atoms with Gasteiger partial charge in [-0.3, -0.25) is 4.79 Å². The molecule has 0 radical (unpaired) electrons. The lowest BCUT2D eigenvalue weighted by molar-refractivity contribution is 0.0931. The van der Waals surface area contributed by atoms with E-state index in [4.69, 9.17) is 0 Å². The van der Waals surface area contributed by atoms with E-state index in [-0.39, 0.29) is 17.8 Å². The molecule has 134 valence electrons. The minimum Gasteiger partial charge on any atom is -0.348 e. The van der Waals surface area contributed by atoms with E-state index in [1.165, 1.54) is 6.07 Å². The van der Waals surface area contributed by atoms with Crippen molar-refractivity contribution in [2.75, 3.05) is 0 Å². The van der Waals surface area contributed by atoms with Gasteiger partial charge in [-0.2, -0.15) is 5.10 Å². The zero-order chi connectivity index (χ0) is 18.7. The van der Waals surface area contributed by atoms with Crippen LogP contribution in [-0.4, -0.2) is 21.7 Å². The molecule has 3 rings (SSSR count). The lowest BCUT2D eigenvalue weighted by Crippen LogP contribution is -2.33. The van der Waals surface area contributed by atoms with Crippen LogP contribution < -0.4 is 5.32 Å². The summed E-state index contributed by atoms with van der Waals surface area (Å²) in [6.45, 7) is 5.93. The monoisotopic (exact) mass is 351 g/mol. The molecule has 4 nitrogen and oxygen atoms in total. The van der Waals surface area contributed by atoms with Gasteiger partial charge in [-0.25, -0.2) is 9.07 Å². The summed E-state index contributed by atoms with van der Waals surface area (Å²) in [6.07, 6.45) is 0.824. The molecule has 5 heteroatoms. The van der Waals surface area contributed by atoms with Crippen molar-refractivity contribution in [1.29, 1.82) is 0 Å². The molecule has 1 amide bonds. The SMILES string of the molecule is CCC(C)NC(=O)c1cc(-c2ccccc2F)nn1-c1cccc(C)c1. The summed E-state index contributed by atoms with van der Waals surface area (Å²) < 4.78 is 15.8. The molecule has 1 aromatic heterocycles. The lowest BCUT2D eigenvalue weighted by Gasteiger charge is -2.12. The third-order valence-electron chi connectivity index (χ3n) is 4.33. The average Bonchev–Trinajstić information content (AvgIpc) is 3.07. The molecule has 0 saturated heterocycles. The van der Waals surface area contributed by atoms with Gasteiger partial charge in [0.25, 0.3) is 5.91 Å². The van der Waals surface area contributed by atoms with Crippen LogP contribution in [0.4, 0.5) is 4.39 Å². The van der Waals surface area contributed by atoms with E-state index in [2.05, 4.69) is 10.4 Å². The minimum atomic E-state index is -0.365. The lowest BCUT2D eigenvalue weighted by atomic mass is 10.1. The van der Waals surface area contributed by atoms with Gasteiger partial charge in [0, 0.05) is 11.6 Å². The molecule has 0 fully saturated rings. The molecule has 1 unspecified atom stereocenters. The quantitative estimate of drug-likeness (QED) is 0.735. The Morgan fingerprint density at radius 2 is 1.96 bits per heavy atom. The van der Waals surface area contributed by atoms with Crippen molar-refractivity contribution in [1.82, 2.24) is 15.1 Å². The highest BCUT2D eigenvalue weighted by Gasteiger charge is 2.20. The van der Waals surface area contributed by atoms with Crippen LogP contribution in [0.3, 0.4) is 0 Å². The van der Waals surface area contributed by atoms with Crippen LogP contribution in [0.15, 0.2) is 54.6 Å². The number of amides is 1. The van der Waals surface area contributed by atoms with E-state index in [9.17, 15) is 9.18 Å². The third kappa shape index (κ3) is 3.67. The van der Waals surface area contributed by atoms with Crippen LogP contribution in [0.2, 0.25) is 0 Å². The number of benzene rings is 2. The average molecular weight is 351 g/mol. The molecule has 0 aliphatic carbocycles. The van der Waals surface area contributed by atoms with Gasteiger partial charge in [0.1, 0.15) is 11.5 Å². The molecule has 0 saturated carbocycles. The first-order valence-electron chi connectivity index (χ1n) is 8.72. The van der Waals surface area contributed by atoms with Crippen molar-refractivity contribution in [3.63, 3.8) is 0 Å². The molecule has 1 atom stereocenters. The summed E-state index contributed by atoms with van der Waals surface area (Å²) in [4.78, 5) is 12.8. The van der Waals surface area contributed by atoms with E-state index in [1.807, 2.05) is 45.0 Å². The molecular weight excluding hydrogens is 329 g/mol. The van der Waals surface area contributed by atoms with Crippen LogP contribution in [0.25, 0.3) is 16.9 Å². The summed E-state index contributed by atoms with van der Waals surface area (Å²) in [5.41, 5.74) is 3.00. The van der Waals surface area contributed by atoms with Gasteiger partial charge in [-0.15, -0.1) is 0 Å². The van der Waals surface area contributed by atoms with Crippen molar-refractivity contribution in [2.24, 2.45) is 0 Å². The Kier molecular flexibility index (Phi) is 5.16. The van der Waals surface area contributed by atoms with Crippen molar-refractivity contribution >= 4 is 5.91 Å². The van der Waals surface area contributed by atoms with Crippen LogP contribution >= 0.6 is 0 Å². The van der Waals surface area contributed by atoms with Crippen LogP contribution in [0, 0.1) is 12.7 Å². The predicted molar refractivity (Wildman–Crippen MR) is 101 cm³/mol. The number of carbonyl (C=O) groups excluding carboxylic acids is 1. The molecular formula is C21H22FN3O. The maximum atomic E-state index is 14.2. The standard InChI is InChI=1S/C21H22FN3O/c1-4-15(3)23-21(26)20-13-19(17-10-5-6-11-18(17)22)24-25(20)16-9-7-8-14(2)12-16/h5-13,15H,4H2,1-3H3,(H,23,26). The second-order valence-corrected chi connectivity index (χ2v) is 6.43.